The van der Waals surface area contributed by atoms with E-state index in [1.807, 2.05) is 13.8 Å². The van der Waals surface area contributed by atoms with Crippen molar-refractivity contribution in [2.75, 3.05) is 6.61 Å². The van der Waals surface area contributed by atoms with Crippen molar-refractivity contribution >= 4 is 21.9 Å². The Bertz CT molecular complexity index is 223. The van der Waals surface area contributed by atoms with Gasteiger partial charge in [-0.05, 0) is 13.8 Å². The minimum atomic E-state index is -0.337. The van der Waals surface area contributed by atoms with E-state index in [4.69, 9.17) is 9.47 Å². The van der Waals surface area contributed by atoms with Crippen LogP contribution in [0.1, 0.15) is 20.3 Å². The Morgan fingerprint density at radius 1 is 1.77 bits per heavy atom. The summed E-state index contributed by atoms with van der Waals surface area (Å²) in [6.45, 7) is 4.30. The monoisotopic (exact) mass is 248 g/mol. The molecule has 0 spiro atoms. The number of halogens is 1. The van der Waals surface area contributed by atoms with Gasteiger partial charge < -0.3 is 9.47 Å². The molecule has 0 N–H and O–H groups in total. The second-order valence-electron chi connectivity index (χ2n) is 3.14. The van der Waals surface area contributed by atoms with E-state index in [9.17, 15) is 4.79 Å². The number of esters is 1. The van der Waals surface area contributed by atoms with Crippen LogP contribution in [0.2, 0.25) is 0 Å². The number of hydrogen-bond acceptors (Lipinski definition) is 3. The zero-order valence-corrected chi connectivity index (χ0v) is 9.33. The molecule has 1 rings (SSSR count). The Morgan fingerprint density at radius 3 is 2.92 bits per heavy atom. The molecule has 0 bridgehead atoms. The fourth-order valence-electron chi connectivity index (χ4n) is 1.03. The van der Waals surface area contributed by atoms with Gasteiger partial charge in [0.15, 0.2) is 0 Å². The first kappa shape index (κ1) is 10.6. The summed E-state index contributed by atoms with van der Waals surface area (Å²) in [6.07, 6.45) is 2.23. The Morgan fingerprint density at radius 2 is 2.46 bits per heavy atom. The molecule has 1 aliphatic heterocycles. The normalized spacial score (nSPS) is 24.9. The zero-order valence-electron chi connectivity index (χ0n) is 7.75. The highest BCUT2D eigenvalue weighted by atomic mass is 79.9. The van der Waals surface area contributed by atoms with Gasteiger partial charge in [0.1, 0.15) is 5.76 Å². The van der Waals surface area contributed by atoms with Gasteiger partial charge in [0.05, 0.1) is 23.6 Å². The molecule has 0 amide bonds. The number of alkyl halides is 1. The van der Waals surface area contributed by atoms with Crippen molar-refractivity contribution in [3.05, 3.63) is 11.8 Å². The summed E-state index contributed by atoms with van der Waals surface area (Å²) in [4.78, 5) is 11.3. The third-order valence-electron chi connectivity index (χ3n) is 1.56. The Labute approximate surface area is 86.2 Å². The predicted octanol–water partition coefficient (Wildman–Crippen LogP) is 2.01. The van der Waals surface area contributed by atoms with Crippen molar-refractivity contribution in [1.82, 2.24) is 0 Å². The second-order valence-corrected chi connectivity index (χ2v) is 4.24. The summed E-state index contributed by atoms with van der Waals surface area (Å²) in [5.74, 6) is 0.335. The molecule has 4 heteroatoms. The molecule has 1 atom stereocenters. The smallest absolute Gasteiger partial charge is 0.334 e. The molecule has 1 unspecified atom stereocenters. The van der Waals surface area contributed by atoms with Crippen LogP contribution in [-0.4, -0.2) is 23.5 Å². The van der Waals surface area contributed by atoms with Crippen molar-refractivity contribution in [3.8, 4) is 0 Å². The first-order valence-electron chi connectivity index (χ1n) is 4.28. The molecular weight excluding hydrogens is 236 g/mol. The fraction of sp³-hybridized carbons (Fsp3) is 0.667. The van der Waals surface area contributed by atoms with Crippen LogP contribution >= 0.6 is 15.9 Å². The Balaban J connectivity index is 2.49. The van der Waals surface area contributed by atoms with Crippen LogP contribution in [0.25, 0.3) is 0 Å². The summed E-state index contributed by atoms with van der Waals surface area (Å²) in [5, 5.41) is 0. The predicted molar refractivity (Wildman–Crippen MR) is 52.6 cm³/mol. The van der Waals surface area contributed by atoms with E-state index in [0.717, 1.165) is 6.42 Å². The van der Waals surface area contributed by atoms with Crippen LogP contribution in [0.3, 0.4) is 0 Å². The van der Waals surface area contributed by atoms with Crippen molar-refractivity contribution in [3.63, 3.8) is 0 Å². The highest BCUT2D eigenvalue weighted by Crippen LogP contribution is 2.24. The van der Waals surface area contributed by atoms with Crippen molar-refractivity contribution in [2.45, 2.75) is 31.2 Å². The molecular formula is C9H13BrO3. The average Bonchev–Trinajstić information content (AvgIpc) is 2.34. The molecule has 0 aromatic heterocycles. The maximum atomic E-state index is 11.2. The summed E-state index contributed by atoms with van der Waals surface area (Å²) >= 11 is 3.40. The van der Waals surface area contributed by atoms with Gasteiger partial charge in [0.25, 0.3) is 0 Å². The molecule has 0 aromatic rings. The maximum Gasteiger partial charge on any atom is 0.334 e. The lowest BCUT2D eigenvalue weighted by Crippen LogP contribution is -2.10. The molecule has 0 aromatic carbocycles. The first-order valence-corrected chi connectivity index (χ1v) is 5.20. The van der Waals surface area contributed by atoms with Crippen LogP contribution < -0.4 is 0 Å². The Kier molecular flexibility index (Phi) is 3.78. The highest BCUT2D eigenvalue weighted by Gasteiger charge is 2.20. The summed E-state index contributed by atoms with van der Waals surface area (Å²) in [6, 6.07) is 0. The number of rotatable bonds is 2. The van der Waals surface area contributed by atoms with E-state index in [0.29, 0.717) is 12.4 Å². The zero-order chi connectivity index (χ0) is 9.84. The molecule has 1 saturated heterocycles. The van der Waals surface area contributed by atoms with Gasteiger partial charge in [-0.25, -0.2) is 4.79 Å². The Hall–Kier alpha value is -0.510. The number of hydrogen-bond donors (Lipinski definition) is 0. The van der Waals surface area contributed by atoms with Gasteiger partial charge >= 0.3 is 5.97 Å². The third kappa shape index (κ3) is 3.38. The second kappa shape index (κ2) is 4.65. The van der Waals surface area contributed by atoms with Gasteiger partial charge in [0.2, 0.25) is 0 Å². The third-order valence-corrected chi connectivity index (χ3v) is 2.47. The molecule has 0 aliphatic carbocycles. The van der Waals surface area contributed by atoms with Gasteiger partial charge in [-0.1, -0.05) is 15.9 Å². The topological polar surface area (TPSA) is 35.5 Å². The maximum absolute atomic E-state index is 11.2. The van der Waals surface area contributed by atoms with Gasteiger partial charge in [-0.15, -0.1) is 0 Å². The van der Waals surface area contributed by atoms with E-state index in [2.05, 4.69) is 15.9 Å². The van der Waals surface area contributed by atoms with E-state index < -0.39 is 0 Å². The summed E-state index contributed by atoms with van der Waals surface area (Å²) in [5.41, 5.74) is 0. The van der Waals surface area contributed by atoms with Gasteiger partial charge in [-0.3, -0.25) is 0 Å². The molecule has 74 valence electrons. The fourth-order valence-corrected chi connectivity index (χ4v) is 1.48. The minimum Gasteiger partial charge on any atom is -0.496 e. The molecule has 0 saturated carbocycles. The van der Waals surface area contributed by atoms with E-state index in [1.165, 1.54) is 6.08 Å². The SMILES string of the molecule is CC(C)OC(=O)/C=C1/OCCC1Br. The molecule has 13 heavy (non-hydrogen) atoms. The summed E-state index contributed by atoms with van der Waals surface area (Å²) < 4.78 is 10.2. The molecule has 0 radical (unpaired) electrons. The van der Waals surface area contributed by atoms with Crippen LogP contribution in [0.5, 0.6) is 0 Å². The van der Waals surface area contributed by atoms with Gasteiger partial charge in [0, 0.05) is 6.42 Å². The van der Waals surface area contributed by atoms with E-state index in [1.54, 1.807) is 0 Å². The largest absolute Gasteiger partial charge is 0.496 e. The van der Waals surface area contributed by atoms with Crippen LogP contribution in [0.4, 0.5) is 0 Å². The van der Waals surface area contributed by atoms with Crippen LogP contribution in [-0.2, 0) is 14.3 Å². The van der Waals surface area contributed by atoms with Crippen LogP contribution in [0.15, 0.2) is 11.8 Å². The number of allylic oxidation sites excluding steroid dienone is 1. The lowest BCUT2D eigenvalue weighted by atomic mass is 10.3. The number of carbonyl (C=O) groups is 1. The molecule has 3 nitrogen and oxygen atoms in total. The highest BCUT2D eigenvalue weighted by molar-refractivity contribution is 9.09. The lowest BCUT2D eigenvalue weighted by Gasteiger charge is -2.06. The van der Waals surface area contributed by atoms with Crippen LogP contribution in [0, 0.1) is 0 Å². The minimum absolute atomic E-state index is 0.0838. The standard InChI is InChI=1S/C9H13BrO3/c1-6(2)13-9(11)5-8-7(10)3-4-12-8/h5-7H,3-4H2,1-2H3/b8-5+. The van der Waals surface area contributed by atoms with E-state index >= 15 is 0 Å². The lowest BCUT2D eigenvalue weighted by molar-refractivity contribution is -0.141. The number of carbonyl (C=O) groups excluding carboxylic acids is 1. The van der Waals surface area contributed by atoms with Crippen molar-refractivity contribution < 1.29 is 14.3 Å². The quantitative estimate of drug-likeness (QED) is 0.426. The average molecular weight is 249 g/mol. The summed E-state index contributed by atoms with van der Waals surface area (Å²) in [7, 11) is 0. The molecule has 1 fully saturated rings. The molecule has 1 aliphatic rings. The van der Waals surface area contributed by atoms with Gasteiger partial charge in [-0.2, -0.15) is 0 Å². The van der Waals surface area contributed by atoms with Crippen molar-refractivity contribution in [1.29, 1.82) is 0 Å². The molecule has 1 heterocycles. The van der Waals surface area contributed by atoms with Crippen molar-refractivity contribution in [2.24, 2.45) is 0 Å². The number of ether oxygens (including phenoxy) is 2. The first-order chi connectivity index (χ1) is 6.09. The van der Waals surface area contributed by atoms with E-state index in [-0.39, 0.29) is 16.9 Å².